The molecule has 0 amide bonds. The minimum atomic E-state index is 0.543. The standard InChI is InChI=1S/C24H31N3O2/c1-5-29-22-12-10-21(11-13-22)23-17-26-24(27(23)14-15-28-4)25-16-19-6-8-20(9-7-19)18(2)3/h6-13,17-18H,5,14-16H2,1-4H3,(H,25,26). The lowest BCUT2D eigenvalue weighted by Gasteiger charge is -2.14. The van der Waals surface area contributed by atoms with Gasteiger partial charge in [0.05, 0.1) is 25.1 Å². The van der Waals surface area contributed by atoms with E-state index < -0.39 is 0 Å². The molecule has 0 atom stereocenters. The molecule has 0 unspecified atom stereocenters. The summed E-state index contributed by atoms with van der Waals surface area (Å²) in [6, 6.07) is 16.9. The van der Waals surface area contributed by atoms with E-state index in [9.17, 15) is 0 Å². The Bertz CT molecular complexity index is 883. The van der Waals surface area contributed by atoms with Crippen molar-refractivity contribution in [3.63, 3.8) is 0 Å². The Morgan fingerprint density at radius 2 is 1.76 bits per heavy atom. The number of benzene rings is 2. The zero-order valence-corrected chi connectivity index (χ0v) is 17.8. The van der Waals surface area contributed by atoms with Gasteiger partial charge in [-0.1, -0.05) is 38.1 Å². The van der Waals surface area contributed by atoms with Crippen molar-refractivity contribution in [3.8, 4) is 17.0 Å². The predicted molar refractivity (Wildman–Crippen MR) is 119 cm³/mol. The molecule has 0 bridgehead atoms. The minimum Gasteiger partial charge on any atom is -0.494 e. The monoisotopic (exact) mass is 393 g/mol. The topological polar surface area (TPSA) is 48.3 Å². The van der Waals surface area contributed by atoms with Crippen LogP contribution in [0.25, 0.3) is 11.3 Å². The lowest BCUT2D eigenvalue weighted by atomic mass is 10.0. The van der Waals surface area contributed by atoms with Crippen LogP contribution in [0.1, 0.15) is 37.8 Å². The van der Waals surface area contributed by atoms with Crippen LogP contribution >= 0.6 is 0 Å². The van der Waals surface area contributed by atoms with Crippen LogP contribution in [-0.4, -0.2) is 29.9 Å². The van der Waals surface area contributed by atoms with Crippen molar-refractivity contribution in [2.24, 2.45) is 0 Å². The van der Waals surface area contributed by atoms with Gasteiger partial charge in [-0.3, -0.25) is 0 Å². The van der Waals surface area contributed by atoms with Gasteiger partial charge in [-0.2, -0.15) is 0 Å². The molecule has 154 valence electrons. The van der Waals surface area contributed by atoms with E-state index in [1.165, 1.54) is 11.1 Å². The van der Waals surface area contributed by atoms with E-state index in [4.69, 9.17) is 9.47 Å². The zero-order chi connectivity index (χ0) is 20.6. The second kappa shape index (κ2) is 10.1. The molecule has 0 aliphatic rings. The largest absolute Gasteiger partial charge is 0.494 e. The number of hydrogen-bond acceptors (Lipinski definition) is 4. The molecule has 1 heterocycles. The summed E-state index contributed by atoms with van der Waals surface area (Å²) in [6.45, 7) is 9.15. The van der Waals surface area contributed by atoms with Gasteiger partial charge in [-0.05, 0) is 48.2 Å². The van der Waals surface area contributed by atoms with Crippen molar-refractivity contribution >= 4 is 5.95 Å². The van der Waals surface area contributed by atoms with Crippen LogP contribution in [0, 0.1) is 0 Å². The van der Waals surface area contributed by atoms with Crippen LogP contribution in [0.5, 0.6) is 5.75 Å². The molecular formula is C24H31N3O2. The molecule has 29 heavy (non-hydrogen) atoms. The zero-order valence-electron chi connectivity index (χ0n) is 17.8. The molecule has 2 aromatic carbocycles. The quantitative estimate of drug-likeness (QED) is 0.506. The molecule has 3 rings (SSSR count). The fourth-order valence-corrected chi connectivity index (χ4v) is 3.25. The molecule has 0 saturated heterocycles. The Kier molecular flexibility index (Phi) is 7.30. The molecule has 1 N–H and O–H groups in total. The average Bonchev–Trinajstić information content (AvgIpc) is 3.14. The highest BCUT2D eigenvalue weighted by molar-refractivity contribution is 5.62. The molecule has 0 fully saturated rings. The lowest BCUT2D eigenvalue weighted by Crippen LogP contribution is -2.11. The third-order valence-electron chi connectivity index (χ3n) is 4.93. The first-order valence-electron chi connectivity index (χ1n) is 10.2. The van der Waals surface area contributed by atoms with Crippen molar-refractivity contribution in [2.75, 3.05) is 25.6 Å². The van der Waals surface area contributed by atoms with E-state index in [0.29, 0.717) is 19.1 Å². The highest BCUT2D eigenvalue weighted by Gasteiger charge is 2.12. The summed E-state index contributed by atoms with van der Waals surface area (Å²) >= 11 is 0. The van der Waals surface area contributed by atoms with E-state index in [1.807, 2.05) is 25.3 Å². The molecule has 0 spiro atoms. The van der Waals surface area contributed by atoms with E-state index in [0.717, 1.165) is 36.0 Å². The number of aromatic nitrogens is 2. The molecule has 0 aliphatic carbocycles. The van der Waals surface area contributed by atoms with Gasteiger partial charge in [-0.25, -0.2) is 4.98 Å². The van der Waals surface area contributed by atoms with Gasteiger partial charge < -0.3 is 19.4 Å². The fraction of sp³-hybridized carbons (Fsp3) is 0.375. The van der Waals surface area contributed by atoms with Gasteiger partial charge in [0, 0.05) is 25.8 Å². The van der Waals surface area contributed by atoms with Crippen molar-refractivity contribution < 1.29 is 9.47 Å². The third-order valence-corrected chi connectivity index (χ3v) is 4.93. The Morgan fingerprint density at radius 1 is 1.03 bits per heavy atom. The van der Waals surface area contributed by atoms with Gasteiger partial charge in [0.25, 0.3) is 0 Å². The number of imidazole rings is 1. The first-order chi connectivity index (χ1) is 14.1. The van der Waals surface area contributed by atoms with Gasteiger partial charge in [0.15, 0.2) is 0 Å². The number of nitrogens with zero attached hydrogens (tertiary/aromatic N) is 2. The highest BCUT2D eigenvalue weighted by Crippen LogP contribution is 2.26. The van der Waals surface area contributed by atoms with Crippen molar-refractivity contribution in [1.82, 2.24) is 9.55 Å². The number of ether oxygens (including phenoxy) is 2. The summed E-state index contributed by atoms with van der Waals surface area (Å²) in [5.41, 5.74) is 4.75. The van der Waals surface area contributed by atoms with Crippen molar-refractivity contribution in [2.45, 2.75) is 39.8 Å². The Morgan fingerprint density at radius 3 is 2.38 bits per heavy atom. The molecule has 1 aromatic heterocycles. The smallest absolute Gasteiger partial charge is 0.203 e. The molecule has 5 heteroatoms. The van der Waals surface area contributed by atoms with E-state index in [2.05, 4.69) is 65.1 Å². The Balaban J connectivity index is 1.77. The maximum Gasteiger partial charge on any atom is 0.203 e. The van der Waals surface area contributed by atoms with Crippen LogP contribution in [0.15, 0.2) is 54.7 Å². The summed E-state index contributed by atoms with van der Waals surface area (Å²) in [5.74, 6) is 2.27. The maximum absolute atomic E-state index is 5.55. The molecule has 0 radical (unpaired) electrons. The molecule has 0 aliphatic heterocycles. The fourth-order valence-electron chi connectivity index (χ4n) is 3.25. The normalized spacial score (nSPS) is 11.1. The second-order valence-corrected chi connectivity index (χ2v) is 7.32. The molecule has 0 saturated carbocycles. The molecule has 5 nitrogen and oxygen atoms in total. The molecule has 3 aromatic rings. The Labute approximate surface area is 173 Å². The van der Waals surface area contributed by atoms with E-state index >= 15 is 0 Å². The third kappa shape index (κ3) is 5.39. The summed E-state index contributed by atoms with van der Waals surface area (Å²) in [5, 5.41) is 3.48. The average molecular weight is 394 g/mol. The van der Waals surface area contributed by atoms with Crippen LogP contribution in [0.3, 0.4) is 0 Å². The maximum atomic E-state index is 5.55. The summed E-state index contributed by atoms with van der Waals surface area (Å²) in [4.78, 5) is 4.63. The van der Waals surface area contributed by atoms with Gasteiger partial charge >= 0.3 is 0 Å². The van der Waals surface area contributed by atoms with Crippen LogP contribution in [0.4, 0.5) is 5.95 Å². The van der Waals surface area contributed by atoms with Gasteiger partial charge in [-0.15, -0.1) is 0 Å². The van der Waals surface area contributed by atoms with Crippen LogP contribution in [-0.2, 0) is 17.8 Å². The predicted octanol–water partition coefficient (Wildman–Crippen LogP) is 5.33. The summed E-state index contributed by atoms with van der Waals surface area (Å²) in [7, 11) is 1.72. The number of hydrogen-bond donors (Lipinski definition) is 1. The number of rotatable bonds is 10. The minimum absolute atomic E-state index is 0.543. The highest BCUT2D eigenvalue weighted by atomic mass is 16.5. The lowest BCUT2D eigenvalue weighted by molar-refractivity contribution is 0.188. The number of methoxy groups -OCH3 is 1. The SMILES string of the molecule is CCOc1ccc(-c2cnc(NCc3ccc(C(C)C)cc3)n2CCOC)cc1. The number of nitrogens with one attached hydrogen (secondary N) is 1. The van der Waals surface area contributed by atoms with Gasteiger partial charge in [0.2, 0.25) is 5.95 Å². The second-order valence-electron chi connectivity index (χ2n) is 7.32. The van der Waals surface area contributed by atoms with E-state index in [1.54, 1.807) is 7.11 Å². The van der Waals surface area contributed by atoms with Gasteiger partial charge in [0.1, 0.15) is 5.75 Å². The molecular weight excluding hydrogens is 362 g/mol. The van der Waals surface area contributed by atoms with Crippen LogP contribution in [0.2, 0.25) is 0 Å². The van der Waals surface area contributed by atoms with Crippen molar-refractivity contribution in [3.05, 3.63) is 65.9 Å². The first kappa shape index (κ1) is 20.9. The first-order valence-corrected chi connectivity index (χ1v) is 10.2. The summed E-state index contributed by atoms with van der Waals surface area (Å²) < 4.78 is 13.0. The van der Waals surface area contributed by atoms with Crippen LogP contribution < -0.4 is 10.1 Å². The number of anilines is 1. The Hall–Kier alpha value is -2.79. The summed E-state index contributed by atoms with van der Waals surface area (Å²) in [6.07, 6.45) is 1.91. The van der Waals surface area contributed by atoms with Crippen molar-refractivity contribution in [1.29, 1.82) is 0 Å². The van der Waals surface area contributed by atoms with E-state index in [-0.39, 0.29) is 0 Å².